The molecule has 1 N–H and O–H groups in total. The van der Waals surface area contributed by atoms with E-state index in [2.05, 4.69) is 15.1 Å². The lowest BCUT2D eigenvalue weighted by Crippen LogP contribution is -1.91. The van der Waals surface area contributed by atoms with Gasteiger partial charge in [0.05, 0.1) is 23.7 Å². The van der Waals surface area contributed by atoms with E-state index in [0.29, 0.717) is 10.5 Å². The van der Waals surface area contributed by atoms with Gasteiger partial charge in [-0.2, -0.15) is 5.10 Å². The minimum absolute atomic E-state index is 0.531. The lowest BCUT2D eigenvalue weighted by Gasteiger charge is -2.02. The number of aromatic nitrogens is 4. The second-order valence-corrected chi connectivity index (χ2v) is 4.31. The first-order valence-corrected chi connectivity index (χ1v) is 5.76. The van der Waals surface area contributed by atoms with E-state index in [4.69, 9.17) is 16.6 Å². The van der Waals surface area contributed by atoms with E-state index in [1.54, 1.807) is 23.4 Å². The van der Waals surface area contributed by atoms with Gasteiger partial charge in [0.15, 0.2) is 0 Å². The van der Waals surface area contributed by atoms with E-state index in [1.807, 2.05) is 25.4 Å². The zero-order valence-electron chi connectivity index (χ0n) is 9.62. The molecular formula is C12H10N4OS. The molecule has 0 saturated carbocycles. The van der Waals surface area contributed by atoms with Crippen LogP contribution < -0.4 is 0 Å². The number of H-pyrrole nitrogens is 1. The highest BCUT2D eigenvalue weighted by molar-refractivity contribution is 7.71. The van der Waals surface area contributed by atoms with Gasteiger partial charge in [-0.3, -0.25) is 4.68 Å². The van der Waals surface area contributed by atoms with Gasteiger partial charge < -0.3 is 9.40 Å². The molecule has 90 valence electrons. The second-order valence-electron chi connectivity index (χ2n) is 3.90. The van der Waals surface area contributed by atoms with Crippen molar-refractivity contribution in [3.8, 4) is 22.6 Å². The molecule has 3 heterocycles. The maximum absolute atomic E-state index is 5.18. The van der Waals surface area contributed by atoms with Gasteiger partial charge in [-0.25, -0.2) is 4.98 Å². The van der Waals surface area contributed by atoms with Crippen molar-refractivity contribution >= 4 is 12.2 Å². The Morgan fingerprint density at radius 2 is 2.28 bits per heavy atom. The van der Waals surface area contributed by atoms with Crippen molar-refractivity contribution in [1.29, 1.82) is 0 Å². The fraction of sp³-hybridized carbons (Fsp3) is 0.0833. The highest BCUT2D eigenvalue weighted by Gasteiger charge is 2.06. The van der Waals surface area contributed by atoms with Crippen LogP contribution in [0, 0.1) is 4.64 Å². The third-order valence-corrected chi connectivity index (χ3v) is 2.76. The van der Waals surface area contributed by atoms with Gasteiger partial charge in [0, 0.05) is 18.8 Å². The van der Waals surface area contributed by atoms with E-state index >= 15 is 0 Å². The maximum atomic E-state index is 5.18. The topological polar surface area (TPSA) is 59.6 Å². The van der Waals surface area contributed by atoms with Gasteiger partial charge in [0.25, 0.3) is 0 Å². The van der Waals surface area contributed by atoms with E-state index in [0.717, 1.165) is 16.8 Å². The third kappa shape index (κ3) is 1.98. The van der Waals surface area contributed by atoms with Crippen LogP contribution in [0.5, 0.6) is 0 Å². The average molecular weight is 258 g/mol. The van der Waals surface area contributed by atoms with E-state index in [-0.39, 0.29) is 0 Å². The van der Waals surface area contributed by atoms with Crippen LogP contribution in [0.4, 0.5) is 0 Å². The summed E-state index contributed by atoms with van der Waals surface area (Å²) < 4.78 is 7.32. The van der Waals surface area contributed by atoms with Crippen LogP contribution in [0.15, 0.2) is 41.5 Å². The monoisotopic (exact) mass is 258 g/mol. The molecule has 0 radical (unpaired) electrons. The van der Waals surface area contributed by atoms with Crippen LogP contribution >= 0.6 is 12.2 Å². The van der Waals surface area contributed by atoms with Crippen molar-refractivity contribution in [3.63, 3.8) is 0 Å². The van der Waals surface area contributed by atoms with E-state index in [9.17, 15) is 0 Å². The Kier molecular flexibility index (Phi) is 2.56. The Morgan fingerprint density at radius 1 is 1.39 bits per heavy atom. The molecule has 0 aliphatic carbocycles. The quantitative estimate of drug-likeness (QED) is 0.718. The fourth-order valence-electron chi connectivity index (χ4n) is 1.71. The highest BCUT2D eigenvalue weighted by atomic mass is 32.1. The summed E-state index contributed by atoms with van der Waals surface area (Å²) >= 11 is 5.18. The fourth-order valence-corrected chi connectivity index (χ4v) is 1.92. The van der Waals surface area contributed by atoms with Crippen LogP contribution in [0.1, 0.15) is 0 Å². The van der Waals surface area contributed by atoms with Gasteiger partial charge in [-0.1, -0.05) is 12.2 Å². The molecule has 3 aromatic rings. The van der Waals surface area contributed by atoms with Crippen molar-refractivity contribution in [2.24, 2.45) is 7.05 Å². The zero-order valence-corrected chi connectivity index (χ0v) is 10.4. The first-order chi connectivity index (χ1) is 8.72. The molecule has 0 spiro atoms. The normalized spacial score (nSPS) is 10.7. The van der Waals surface area contributed by atoms with Crippen molar-refractivity contribution in [3.05, 3.63) is 41.7 Å². The van der Waals surface area contributed by atoms with Gasteiger partial charge in [0.2, 0.25) is 0 Å². The second kappa shape index (κ2) is 4.23. The van der Waals surface area contributed by atoms with Crippen molar-refractivity contribution in [2.75, 3.05) is 0 Å². The summed E-state index contributed by atoms with van der Waals surface area (Å²) in [7, 11) is 1.87. The van der Waals surface area contributed by atoms with E-state index < -0.39 is 0 Å². The molecule has 0 saturated heterocycles. The number of aryl methyl sites for hydroxylation is 1. The standard InChI is InChI=1S/C12H10N4OS/c1-16-6-9(5-13-16)10-4-11(18)15-12(14-10)8-2-3-17-7-8/h2-7H,1H3,(H,14,15,18). The molecule has 0 atom stereocenters. The number of rotatable bonds is 2. The SMILES string of the molecule is Cn1cc(-c2cc(=S)nc(-c3ccoc3)[nH]2)cn1. The molecule has 0 aromatic carbocycles. The highest BCUT2D eigenvalue weighted by Crippen LogP contribution is 2.21. The van der Waals surface area contributed by atoms with Gasteiger partial charge >= 0.3 is 0 Å². The van der Waals surface area contributed by atoms with E-state index in [1.165, 1.54) is 0 Å². The molecule has 5 nitrogen and oxygen atoms in total. The van der Waals surface area contributed by atoms with Crippen LogP contribution in [0.25, 0.3) is 22.6 Å². The number of hydrogen-bond acceptors (Lipinski definition) is 4. The Labute approximate surface area is 108 Å². The Bertz CT molecular complexity index is 727. The van der Waals surface area contributed by atoms with Crippen molar-refractivity contribution in [1.82, 2.24) is 19.7 Å². The molecule has 18 heavy (non-hydrogen) atoms. The minimum atomic E-state index is 0.531. The summed E-state index contributed by atoms with van der Waals surface area (Å²) in [5.41, 5.74) is 2.72. The average Bonchev–Trinajstić information content (AvgIpc) is 2.98. The molecule has 0 amide bonds. The van der Waals surface area contributed by atoms with Crippen molar-refractivity contribution < 1.29 is 4.42 Å². The zero-order chi connectivity index (χ0) is 12.5. The summed E-state index contributed by atoms with van der Waals surface area (Å²) in [6.45, 7) is 0. The largest absolute Gasteiger partial charge is 0.472 e. The van der Waals surface area contributed by atoms with Crippen LogP contribution in [0.3, 0.4) is 0 Å². The molecule has 0 unspecified atom stereocenters. The van der Waals surface area contributed by atoms with Gasteiger partial charge in [-0.15, -0.1) is 0 Å². The molecule has 0 aliphatic heterocycles. The molecule has 0 aliphatic rings. The maximum Gasteiger partial charge on any atom is 0.142 e. The van der Waals surface area contributed by atoms with Gasteiger partial charge in [-0.05, 0) is 12.1 Å². The minimum Gasteiger partial charge on any atom is -0.472 e. The number of furan rings is 1. The van der Waals surface area contributed by atoms with Gasteiger partial charge in [0.1, 0.15) is 16.7 Å². The molecule has 3 aromatic heterocycles. The number of nitrogens with zero attached hydrogens (tertiary/aromatic N) is 3. The summed E-state index contributed by atoms with van der Waals surface area (Å²) in [6, 6.07) is 3.65. The molecule has 6 heteroatoms. The summed E-state index contributed by atoms with van der Waals surface area (Å²) in [5, 5.41) is 4.14. The molecule has 0 fully saturated rings. The Morgan fingerprint density at radius 3 is 2.94 bits per heavy atom. The molecule has 0 bridgehead atoms. The number of nitrogens with one attached hydrogen (secondary N) is 1. The predicted octanol–water partition coefficient (Wildman–Crippen LogP) is 2.80. The first kappa shape index (κ1) is 10.9. The van der Waals surface area contributed by atoms with Crippen molar-refractivity contribution in [2.45, 2.75) is 0 Å². The number of hydrogen-bond donors (Lipinski definition) is 1. The third-order valence-electron chi connectivity index (χ3n) is 2.55. The van der Waals surface area contributed by atoms with Crippen LogP contribution in [0.2, 0.25) is 0 Å². The predicted molar refractivity (Wildman–Crippen MR) is 69.3 cm³/mol. The van der Waals surface area contributed by atoms with Crippen LogP contribution in [-0.2, 0) is 7.05 Å². The molecular weight excluding hydrogens is 248 g/mol. The summed E-state index contributed by atoms with van der Waals surface area (Å²) in [4.78, 5) is 7.51. The molecule has 3 rings (SSSR count). The smallest absolute Gasteiger partial charge is 0.142 e. The lowest BCUT2D eigenvalue weighted by molar-refractivity contribution is 0.568. The summed E-state index contributed by atoms with van der Waals surface area (Å²) in [6.07, 6.45) is 6.92. The lowest BCUT2D eigenvalue weighted by atomic mass is 10.2. The summed E-state index contributed by atoms with van der Waals surface area (Å²) in [5.74, 6) is 0.690. The van der Waals surface area contributed by atoms with Crippen LogP contribution in [-0.4, -0.2) is 19.7 Å². The number of aromatic amines is 1. The Hall–Kier alpha value is -2.21. The Balaban J connectivity index is 2.15. The first-order valence-electron chi connectivity index (χ1n) is 5.35.